The lowest BCUT2D eigenvalue weighted by molar-refractivity contribution is -0.143. The standard InChI is InChI=1S/C14H19NO3/c1-3-18-14(16)9-13-12-5-4-11(17-2)8-10(12)6-7-15-13/h4-5,8,13,15H,3,6-7,9H2,1-2H3/t13-/m1/s1. The van der Waals surface area contributed by atoms with Crippen LogP contribution in [0, 0.1) is 0 Å². The van der Waals surface area contributed by atoms with E-state index in [1.54, 1.807) is 7.11 Å². The maximum Gasteiger partial charge on any atom is 0.307 e. The Bertz CT molecular complexity index is 431. The van der Waals surface area contributed by atoms with E-state index in [1.165, 1.54) is 11.1 Å². The smallest absolute Gasteiger partial charge is 0.307 e. The zero-order valence-electron chi connectivity index (χ0n) is 10.9. The van der Waals surface area contributed by atoms with Crippen molar-refractivity contribution in [2.45, 2.75) is 25.8 Å². The molecule has 1 aromatic carbocycles. The van der Waals surface area contributed by atoms with E-state index in [9.17, 15) is 4.79 Å². The van der Waals surface area contributed by atoms with Crippen molar-refractivity contribution < 1.29 is 14.3 Å². The van der Waals surface area contributed by atoms with Crippen LogP contribution in [0.2, 0.25) is 0 Å². The lowest BCUT2D eigenvalue weighted by Crippen LogP contribution is -2.31. The number of rotatable bonds is 4. The Kier molecular flexibility index (Phi) is 4.20. The number of nitrogens with one attached hydrogen (secondary N) is 1. The maximum atomic E-state index is 11.6. The van der Waals surface area contributed by atoms with Crippen LogP contribution in [0.15, 0.2) is 18.2 Å². The second-order valence-corrected chi connectivity index (χ2v) is 4.33. The lowest BCUT2D eigenvalue weighted by atomic mass is 9.92. The van der Waals surface area contributed by atoms with E-state index in [0.717, 1.165) is 18.7 Å². The van der Waals surface area contributed by atoms with Gasteiger partial charge in [-0.2, -0.15) is 0 Å². The van der Waals surface area contributed by atoms with E-state index >= 15 is 0 Å². The molecule has 1 aliphatic heterocycles. The molecule has 1 atom stereocenters. The third kappa shape index (κ3) is 2.82. The van der Waals surface area contributed by atoms with Crippen LogP contribution in [0.4, 0.5) is 0 Å². The largest absolute Gasteiger partial charge is 0.497 e. The number of hydrogen-bond acceptors (Lipinski definition) is 4. The Morgan fingerprint density at radius 3 is 3.06 bits per heavy atom. The Morgan fingerprint density at radius 1 is 1.50 bits per heavy atom. The van der Waals surface area contributed by atoms with Gasteiger partial charge in [-0.15, -0.1) is 0 Å². The van der Waals surface area contributed by atoms with Gasteiger partial charge in [0.1, 0.15) is 5.75 Å². The number of esters is 1. The number of fused-ring (bicyclic) bond motifs is 1. The van der Waals surface area contributed by atoms with Crippen molar-refractivity contribution in [2.75, 3.05) is 20.3 Å². The second-order valence-electron chi connectivity index (χ2n) is 4.33. The van der Waals surface area contributed by atoms with Gasteiger partial charge < -0.3 is 14.8 Å². The number of benzene rings is 1. The van der Waals surface area contributed by atoms with Crippen molar-refractivity contribution in [3.05, 3.63) is 29.3 Å². The minimum absolute atomic E-state index is 0.0544. The van der Waals surface area contributed by atoms with Gasteiger partial charge in [-0.3, -0.25) is 4.79 Å². The zero-order chi connectivity index (χ0) is 13.0. The van der Waals surface area contributed by atoms with Gasteiger partial charge in [-0.25, -0.2) is 0 Å². The van der Waals surface area contributed by atoms with Crippen LogP contribution in [0.3, 0.4) is 0 Å². The Hall–Kier alpha value is -1.55. The van der Waals surface area contributed by atoms with Crippen molar-refractivity contribution in [3.63, 3.8) is 0 Å². The molecule has 0 amide bonds. The normalized spacial score (nSPS) is 18.0. The SMILES string of the molecule is CCOC(=O)C[C@H]1NCCc2cc(OC)ccc21. The monoisotopic (exact) mass is 249 g/mol. The number of ether oxygens (including phenoxy) is 2. The molecule has 1 heterocycles. The van der Waals surface area contributed by atoms with E-state index in [-0.39, 0.29) is 12.0 Å². The summed E-state index contributed by atoms with van der Waals surface area (Å²) in [4.78, 5) is 11.6. The quantitative estimate of drug-likeness (QED) is 0.827. The fourth-order valence-electron chi connectivity index (χ4n) is 2.33. The minimum atomic E-state index is -0.154. The highest BCUT2D eigenvalue weighted by Gasteiger charge is 2.22. The third-order valence-corrected chi connectivity index (χ3v) is 3.19. The van der Waals surface area contributed by atoms with Crippen LogP contribution >= 0.6 is 0 Å². The first-order valence-corrected chi connectivity index (χ1v) is 6.30. The molecule has 0 fully saturated rings. The highest BCUT2D eigenvalue weighted by atomic mass is 16.5. The fourth-order valence-corrected chi connectivity index (χ4v) is 2.33. The van der Waals surface area contributed by atoms with Gasteiger partial charge in [0, 0.05) is 6.04 Å². The van der Waals surface area contributed by atoms with Gasteiger partial charge in [-0.05, 0) is 43.1 Å². The summed E-state index contributed by atoms with van der Waals surface area (Å²) >= 11 is 0. The lowest BCUT2D eigenvalue weighted by Gasteiger charge is -2.26. The van der Waals surface area contributed by atoms with Crippen molar-refractivity contribution in [3.8, 4) is 5.75 Å². The minimum Gasteiger partial charge on any atom is -0.497 e. The predicted molar refractivity (Wildman–Crippen MR) is 68.7 cm³/mol. The first kappa shape index (κ1) is 12.9. The molecular weight excluding hydrogens is 230 g/mol. The average Bonchev–Trinajstić information content (AvgIpc) is 2.38. The molecule has 0 saturated carbocycles. The van der Waals surface area contributed by atoms with Gasteiger partial charge in [0.2, 0.25) is 0 Å². The van der Waals surface area contributed by atoms with Gasteiger partial charge >= 0.3 is 5.97 Å². The summed E-state index contributed by atoms with van der Waals surface area (Å²) in [5, 5.41) is 3.36. The van der Waals surface area contributed by atoms with Gasteiger partial charge in [-0.1, -0.05) is 6.07 Å². The van der Waals surface area contributed by atoms with Crippen molar-refractivity contribution in [2.24, 2.45) is 0 Å². The average molecular weight is 249 g/mol. The molecule has 2 rings (SSSR count). The Morgan fingerprint density at radius 2 is 2.33 bits per heavy atom. The van der Waals surface area contributed by atoms with E-state index in [0.29, 0.717) is 13.0 Å². The third-order valence-electron chi connectivity index (χ3n) is 3.19. The van der Waals surface area contributed by atoms with Crippen LogP contribution in [-0.4, -0.2) is 26.2 Å². The summed E-state index contributed by atoms with van der Waals surface area (Å²) in [5.41, 5.74) is 2.43. The second kappa shape index (κ2) is 5.87. The maximum absolute atomic E-state index is 11.6. The molecular formula is C14H19NO3. The Balaban J connectivity index is 2.15. The summed E-state index contributed by atoms with van der Waals surface area (Å²) in [6.45, 7) is 3.14. The first-order chi connectivity index (χ1) is 8.74. The number of carbonyl (C=O) groups is 1. The molecule has 18 heavy (non-hydrogen) atoms. The van der Waals surface area contributed by atoms with Gasteiger partial charge in [0.25, 0.3) is 0 Å². The summed E-state index contributed by atoms with van der Waals surface area (Å²) in [6, 6.07) is 6.07. The van der Waals surface area contributed by atoms with Crippen LogP contribution in [-0.2, 0) is 16.0 Å². The molecule has 1 aromatic rings. The summed E-state index contributed by atoms with van der Waals surface area (Å²) in [7, 11) is 1.67. The topological polar surface area (TPSA) is 47.6 Å². The van der Waals surface area contributed by atoms with Crippen LogP contribution in [0.25, 0.3) is 0 Å². The number of carbonyl (C=O) groups excluding carboxylic acids is 1. The van der Waals surface area contributed by atoms with E-state index in [1.807, 2.05) is 25.1 Å². The van der Waals surface area contributed by atoms with E-state index < -0.39 is 0 Å². The molecule has 0 bridgehead atoms. The van der Waals surface area contributed by atoms with Gasteiger partial charge in [0.05, 0.1) is 20.1 Å². The van der Waals surface area contributed by atoms with Crippen LogP contribution < -0.4 is 10.1 Å². The van der Waals surface area contributed by atoms with E-state index in [2.05, 4.69) is 5.32 Å². The molecule has 4 nitrogen and oxygen atoms in total. The summed E-state index contributed by atoms with van der Waals surface area (Å²) < 4.78 is 10.2. The molecule has 4 heteroatoms. The number of hydrogen-bond donors (Lipinski definition) is 1. The van der Waals surface area contributed by atoms with Crippen LogP contribution in [0.1, 0.15) is 30.5 Å². The fraction of sp³-hybridized carbons (Fsp3) is 0.500. The van der Waals surface area contributed by atoms with Crippen LogP contribution in [0.5, 0.6) is 5.75 Å². The zero-order valence-corrected chi connectivity index (χ0v) is 10.9. The van der Waals surface area contributed by atoms with Gasteiger partial charge in [0.15, 0.2) is 0 Å². The predicted octanol–water partition coefficient (Wildman–Crippen LogP) is 1.84. The molecule has 1 aliphatic rings. The summed E-state index contributed by atoms with van der Waals surface area (Å²) in [5.74, 6) is 0.712. The molecule has 0 saturated heterocycles. The first-order valence-electron chi connectivity index (χ1n) is 6.30. The van der Waals surface area contributed by atoms with Crippen molar-refractivity contribution >= 4 is 5.97 Å². The summed E-state index contributed by atoms with van der Waals surface area (Å²) in [6.07, 6.45) is 1.35. The number of methoxy groups -OCH3 is 1. The molecule has 0 aliphatic carbocycles. The highest BCUT2D eigenvalue weighted by molar-refractivity contribution is 5.70. The molecule has 0 spiro atoms. The Labute approximate surface area is 107 Å². The molecule has 0 radical (unpaired) electrons. The molecule has 0 aromatic heterocycles. The molecule has 0 unspecified atom stereocenters. The van der Waals surface area contributed by atoms with Crippen molar-refractivity contribution in [1.82, 2.24) is 5.32 Å². The van der Waals surface area contributed by atoms with Crippen molar-refractivity contribution in [1.29, 1.82) is 0 Å². The van der Waals surface area contributed by atoms with E-state index in [4.69, 9.17) is 9.47 Å². The molecule has 98 valence electrons. The highest BCUT2D eigenvalue weighted by Crippen LogP contribution is 2.28. The molecule has 1 N–H and O–H groups in total.